The number of sulfone groups is 1. The van der Waals surface area contributed by atoms with Crippen LogP contribution in [0.1, 0.15) is 25.7 Å². The number of carbonyl (C=O) groups is 1. The number of rotatable bonds is 3. The molecule has 3 N–H and O–H groups in total. The highest BCUT2D eigenvalue weighted by Crippen LogP contribution is 2.24. The molecule has 17 heavy (non-hydrogen) atoms. The number of amides is 1. The number of nitrogens with one attached hydrogen (secondary N) is 1. The predicted molar refractivity (Wildman–Crippen MR) is 65.1 cm³/mol. The lowest BCUT2D eigenvalue weighted by Crippen LogP contribution is -2.40. The molecule has 0 aromatic heterocycles. The van der Waals surface area contributed by atoms with E-state index in [0.717, 1.165) is 19.3 Å². The highest BCUT2D eigenvalue weighted by Gasteiger charge is 2.32. The highest BCUT2D eigenvalue weighted by atomic mass is 32.2. The van der Waals surface area contributed by atoms with Gasteiger partial charge in [0.1, 0.15) is 0 Å². The summed E-state index contributed by atoms with van der Waals surface area (Å²) in [6.45, 7) is 0.473. The number of hydrogen-bond acceptors (Lipinski definition) is 4. The lowest BCUT2D eigenvalue weighted by atomic mass is 10.0. The third-order valence-corrected chi connectivity index (χ3v) is 5.63. The standard InChI is InChI=1S/C11H20N2O3S/c12-10-3-1-2-9(10)11(14)13-6-8-4-5-17(15,16)7-8/h8-10H,1-7,12H2,(H,13,14). The number of carbonyl (C=O) groups excluding carboxylic acids is 1. The second-order valence-corrected chi connectivity index (χ2v) is 7.44. The maximum absolute atomic E-state index is 11.8. The molecule has 2 fully saturated rings. The Balaban J connectivity index is 1.77. The molecule has 1 aliphatic heterocycles. The second kappa shape index (κ2) is 4.94. The Bertz CT molecular complexity index is 394. The van der Waals surface area contributed by atoms with Crippen LogP contribution in [-0.2, 0) is 14.6 Å². The Kier molecular flexibility index (Phi) is 3.73. The fraction of sp³-hybridized carbons (Fsp3) is 0.909. The molecular weight excluding hydrogens is 240 g/mol. The van der Waals surface area contributed by atoms with Crippen LogP contribution in [0.2, 0.25) is 0 Å². The summed E-state index contributed by atoms with van der Waals surface area (Å²) in [6.07, 6.45) is 3.45. The van der Waals surface area contributed by atoms with Crippen LogP contribution in [0, 0.1) is 11.8 Å². The average molecular weight is 260 g/mol. The molecule has 0 aromatic rings. The molecule has 1 heterocycles. The summed E-state index contributed by atoms with van der Waals surface area (Å²) in [7, 11) is -2.85. The van der Waals surface area contributed by atoms with Crippen LogP contribution in [0.25, 0.3) is 0 Å². The van der Waals surface area contributed by atoms with Gasteiger partial charge >= 0.3 is 0 Å². The quantitative estimate of drug-likeness (QED) is 0.727. The fourth-order valence-electron chi connectivity index (χ4n) is 2.72. The lowest BCUT2D eigenvalue weighted by molar-refractivity contribution is -0.125. The Morgan fingerprint density at radius 3 is 2.59 bits per heavy atom. The van der Waals surface area contributed by atoms with Gasteiger partial charge in [-0.05, 0) is 25.2 Å². The van der Waals surface area contributed by atoms with Crippen molar-refractivity contribution in [3.05, 3.63) is 0 Å². The van der Waals surface area contributed by atoms with E-state index in [4.69, 9.17) is 5.73 Å². The van der Waals surface area contributed by atoms with E-state index in [1.165, 1.54) is 0 Å². The highest BCUT2D eigenvalue weighted by molar-refractivity contribution is 7.91. The van der Waals surface area contributed by atoms with Gasteiger partial charge in [-0.15, -0.1) is 0 Å². The summed E-state index contributed by atoms with van der Waals surface area (Å²) in [5, 5.41) is 2.85. The third kappa shape index (κ3) is 3.19. The molecular formula is C11H20N2O3S. The van der Waals surface area contributed by atoms with Crippen molar-refractivity contribution in [1.82, 2.24) is 5.32 Å². The molecule has 0 spiro atoms. The topological polar surface area (TPSA) is 89.3 Å². The SMILES string of the molecule is NC1CCCC1C(=O)NCC1CCS(=O)(=O)C1. The Labute approximate surface area is 102 Å². The normalized spacial score (nSPS) is 35.9. The van der Waals surface area contributed by atoms with E-state index in [-0.39, 0.29) is 35.3 Å². The van der Waals surface area contributed by atoms with Crippen LogP contribution in [0.5, 0.6) is 0 Å². The summed E-state index contributed by atoms with van der Waals surface area (Å²) in [4.78, 5) is 11.8. The van der Waals surface area contributed by atoms with Crippen molar-refractivity contribution < 1.29 is 13.2 Å². The van der Waals surface area contributed by atoms with Crippen molar-refractivity contribution in [2.24, 2.45) is 17.6 Å². The molecule has 2 rings (SSSR count). The van der Waals surface area contributed by atoms with Crippen molar-refractivity contribution in [2.45, 2.75) is 31.7 Å². The van der Waals surface area contributed by atoms with E-state index in [9.17, 15) is 13.2 Å². The minimum absolute atomic E-state index is 0.000650. The van der Waals surface area contributed by atoms with Crippen molar-refractivity contribution in [1.29, 1.82) is 0 Å². The van der Waals surface area contributed by atoms with E-state index >= 15 is 0 Å². The molecule has 3 unspecified atom stereocenters. The number of nitrogens with two attached hydrogens (primary N) is 1. The predicted octanol–water partition coefficient (Wildman–Crippen LogP) is -0.335. The molecule has 1 amide bonds. The van der Waals surface area contributed by atoms with Crippen molar-refractivity contribution in [2.75, 3.05) is 18.1 Å². The molecule has 6 heteroatoms. The summed E-state index contributed by atoms with van der Waals surface area (Å²) >= 11 is 0. The summed E-state index contributed by atoms with van der Waals surface area (Å²) in [5.74, 6) is 0.481. The molecule has 5 nitrogen and oxygen atoms in total. The van der Waals surface area contributed by atoms with E-state index < -0.39 is 9.84 Å². The molecule has 0 aromatic carbocycles. The van der Waals surface area contributed by atoms with E-state index in [1.807, 2.05) is 0 Å². The van der Waals surface area contributed by atoms with Gasteiger partial charge < -0.3 is 11.1 Å². The molecule has 1 saturated carbocycles. The van der Waals surface area contributed by atoms with Crippen LogP contribution in [0.3, 0.4) is 0 Å². The number of hydrogen-bond donors (Lipinski definition) is 2. The molecule has 2 aliphatic rings. The summed E-state index contributed by atoms with van der Waals surface area (Å²) in [5.41, 5.74) is 5.85. The van der Waals surface area contributed by atoms with Gasteiger partial charge in [0.15, 0.2) is 9.84 Å². The van der Waals surface area contributed by atoms with Crippen molar-refractivity contribution in [3.63, 3.8) is 0 Å². The van der Waals surface area contributed by atoms with E-state index in [1.54, 1.807) is 0 Å². The maximum Gasteiger partial charge on any atom is 0.224 e. The molecule has 0 bridgehead atoms. The second-order valence-electron chi connectivity index (χ2n) is 5.22. The van der Waals surface area contributed by atoms with Gasteiger partial charge in [0.05, 0.1) is 17.4 Å². The van der Waals surface area contributed by atoms with Gasteiger partial charge in [-0.3, -0.25) is 4.79 Å². The molecule has 1 aliphatic carbocycles. The van der Waals surface area contributed by atoms with Crippen LogP contribution >= 0.6 is 0 Å². The lowest BCUT2D eigenvalue weighted by Gasteiger charge is -2.16. The smallest absolute Gasteiger partial charge is 0.224 e. The summed E-state index contributed by atoms with van der Waals surface area (Å²) < 4.78 is 22.5. The van der Waals surface area contributed by atoms with Gasteiger partial charge in [-0.2, -0.15) is 0 Å². The maximum atomic E-state index is 11.8. The van der Waals surface area contributed by atoms with Crippen LogP contribution in [0.15, 0.2) is 0 Å². The Morgan fingerprint density at radius 1 is 1.29 bits per heavy atom. The fourth-order valence-corrected chi connectivity index (χ4v) is 4.59. The minimum Gasteiger partial charge on any atom is -0.356 e. The minimum atomic E-state index is -2.85. The molecule has 3 atom stereocenters. The molecule has 98 valence electrons. The van der Waals surface area contributed by atoms with Gasteiger partial charge in [0.2, 0.25) is 5.91 Å². The summed E-state index contributed by atoms with van der Waals surface area (Å²) in [6, 6.07) is -0.0256. The van der Waals surface area contributed by atoms with Crippen LogP contribution in [-0.4, -0.2) is 38.4 Å². The van der Waals surface area contributed by atoms with E-state index in [0.29, 0.717) is 13.0 Å². The van der Waals surface area contributed by atoms with Crippen molar-refractivity contribution in [3.8, 4) is 0 Å². The largest absolute Gasteiger partial charge is 0.356 e. The van der Waals surface area contributed by atoms with Gasteiger partial charge in [-0.1, -0.05) is 6.42 Å². The first-order chi connectivity index (χ1) is 7.98. The molecule has 0 radical (unpaired) electrons. The van der Waals surface area contributed by atoms with Crippen LogP contribution in [0.4, 0.5) is 0 Å². The molecule has 1 saturated heterocycles. The first-order valence-electron chi connectivity index (χ1n) is 6.21. The zero-order valence-corrected chi connectivity index (χ0v) is 10.7. The Morgan fingerprint density at radius 2 is 2.06 bits per heavy atom. The first kappa shape index (κ1) is 12.8. The third-order valence-electron chi connectivity index (χ3n) is 3.80. The zero-order chi connectivity index (χ0) is 12.5. The zero-order valence-electron chi connectivity index (χ0n) is 9.89. The monoisotopic (exact) mass is 260 g/mol. The van der Waals surface area contributed by atoms with Crippen molar-refractivity contribution >= 4 is 15.7 Å². The average Bonchev–Trinajstić information content (AvgIpc) is 2.81. The van der Waals surface area contributed by atoms with Gasteiger partial charge in [-0.25, -0.2) is 8.42 Å². The first-order valence-corrected chi connectivity index (χ1v) is 8.04. The van der Waals surface area contributed by atoms with Gasteiger partial charge in [0.25, 0.3) is 0 Å². The Hall–Kier alpha value is -0.620. The van der Waals surface area contributed by atoms with Crippen LogP contribution < -0.4 is 11.1 Å². The van der Waals surface area contributed by atoms with E-state index in [2.05, 4.69) is 5.32 Å². The van der Waals surface area contributed by atoms with Gasteiger partial charge in [0, 0.05) is 12.6 Å².